The van der Waals surface area contributed by atoms with Crippen LogP contribution in [0.2, 0.25) is 10.0 Å². The first kappa shape index (κ1) is 80.1. The van der Waals surface area contributed by atoms with Crippen molar-refractivity contribution in [2.75, 3.05) is 27.1 Å². The molecule has 538 valence electrons. The van der Waals surface area contributed by atoms with Crippen LogP contribution in [0.5, 0.6) is 0 Å². The van der Waals surface area contributed by atoms with Gasteiger partial charge in [0, 0.05) is 65.5 Å². The van der Waals surface area contributed by atoms with Gasteiger partial charge >= 0.3 is 29.9 Å². The Morgan fingerprint density at radius 3 is 1.27 bits per heavy atom. The molecule has 0 aromatic heterocycles. The lowest BCUT2D eigenvalue weighted by atomic mass is 10.00. The number of nitro benzene ring substituents is 3. The van der Waals surface area contributed by atoms with Crippen molar-refractivity contribution in [2.45, 2.75) is 49.4 Å². The monoisotopic (exact) mass is 1530 g/mol. The molecule has 2 fully saturated rings. The third kappa shape index (κ3) is 23.2. The molecule has 2 heterocycles. The minimum atomic E-state index is -1.21. The standard InChI is InChI=1S/C31H33N2O4PS.C20H16NO4P.C12H11P.C8H6ClNO4.C7H4ClNO4/c1-37-30(35)25-17-16-21(18-22(34)10-8-9-15-28-29-26(20-39-28)32-31(36)33-29)19-27(25)38(23-11-4-2-5-12-23)24-13-6-3-7-14-24;1-25-20(22)18-13-12-15(21(23)24)14-19(18)26(16-8-4-2-5-9-16)17-10-6-3-7-11-17;1-3-7-11(8-4-1)13-12-9-5-2-6-10-12;1-14-8(11)6-3-2-5(10(12)13)4-7(6)9;8-6-3-4(9(12)13)1-2-5(6)7(10)11/h2-7,11-14,16-17,19,26,28-29H,8-10,15,18,20H2,1H3,(H2,32,33,36);2-14H,1H3;1-10,13H;2-4H,1H3;1-3H,(H,10,11)/t26?,28-,29?;;;;/m1..../s1. The number of nitro groups is 3. The van der Waals surface area contributed by atoms with Crippen molar-refractivity contribution in [1.82, 2.24) is 10.6 Å². The number of methoxy groups -OCH3 is 3. The molecule has 3 N–H and O–H groups in total. The first-order chi connectivity index (χ1) is 50.7. The number of esters is 3. The van der Waals surface area contributed by atoms with Crippen molar-refractivity contribution in [1.29, 1.82) is 0 Å². The molecular formula is C78H70Cl2N5O16P3S. The van der Waals surface area contributed by atoms with E-state index in [0.29, 0.717) is 34.5 Å². The molecule has 2 aliphatic rings. The predicted octanol–water partition coefficient (Wildman–Crippen LogP) is 13.5. The topological polar surface area (TPSA) is 304 Å². The molecule has 10 aromatic carbocycles. The second-order valence-corrected chi connectivity index (χ2v) is 30.7. The summed E-state index contributed by atoms with van der Waals surface area (Å²) in [5.74, 6) is -1.56. The highest BCUT2D eigenvalue weighted by Crippen LogP contribution is 2.38. The number of carboxylic acid groups (broad SMARTS) is 1. The Bertz CT molecular complexity index is 4550. The number of unbranched alkanes of at least 4 members (excludes halogenated alkanes) is 1. The predicted molar refractivity (Wildman–Crippen MR) is 417 cm³/mol. The molecular weight excluding hydrogens is 1460 g/mol. The van der Waals surface area contributed by atoms with Crippen LogP contribution in [-0.2, 0) is 25.4 Å². The molecule has 0 radical (unpaired) electrons. The van der Waals surface area contributed by atoms with Gasteiger partial charge in [0.1, 0.15) is 5.78 Å². The zero-order chi connectivity index (χ0) is 75.4. The van der Waals surface area contributed by atoms with Gasteiger partial charge in [-0.15, -0.1) is 0 Å². The number of carbonyl (C=O) groups excluding carboxylic acids is 5. The van der Waals surface area contributed by atoms with Crippen molar-refractivity contribution in [3.8, 4) is 0 Å². The minimum absolute atomic E-state index is 0.00560. The van der Waals surface area contributed by atoms with Crippen molar-refractivity contribution in [3.63, 3.8) is 0 Å². The van der Waals surface area contributed by atoms with E-state index in [1.54, 1.807) is 0 Å². The van der Waals surface area contributed by atoms with E-state index >= 15 is 0 Å². The van der Waals surface area contributed by atoms with Gasteiger partial charge < -0.3 is 30.0 Å². The molecule has 0 spiro atoms. The highest BCUT2D eigenvalue weighted by Gasteiger charge is 2.42. The number of amides is 2. The Morgan fingerprint density at radius 1 is 0.495 bits per heavy atom. The van der Waals surface area contributed by atoms with Crippen molar-refractivity contribution >= 4 is 155 Å². The van der Waals surface area contributed by atoms with Crippen molar-refractivity contribution < 1.29 is 62.9 Å². The van der Waals surface area contributed by atoms with E-state index < -0.39 is 48.5 Å². The summed E-state index contributed by atoms with van der Waals surface area (Å²) in [4.78, 5) is 101. The normalized spacial score (nSPS) is 13.7. The number of urea groups is 1. The Kier molecular flexibility index (Phi) is 30.9. The van der Waals surface area contributed by atoms with Gasteiger partial charge in [0.25, 0.3) is 17.1 Å². The Balaban J connectivity index is 0.000000181. The summed E-state index contributed by atoms with van der Waals surface area (Å²) < 4.78 is 14.5. The number of carboxylic acids is 1. The number of benzene rings is 10. The summed E-state index contributed by atoms with van der Waals surface area (Å²) in [7, 11) is 2.52. The lowest BCUT2D eigenvalue weighted by molar-refractivity contribution is -0.385. The maximum atomic E-state index is 13.0. The van der Waals surface area contributed by atoms with Gasteiger partial charge in [-0.3, -0.25) is 35.1 Å². The number of hydrogen-bond acceptors (Lipinski definition) is 16. The molecule has 0 saturated carbocycles. The van der Waals surface area contributed by atoms with Gasteiger partial charge in [-0.1, -0.05) is 226 Å². The van der Waals surface area contributed by atoms with Crippen LogP contribution in [0.1, 0.15) is 72.7 Å². The third-order valence-electron chi connectivity index (χ3n) is 15.9. The van der Waals surface area contributed by atoms with Crippen molar-refractivity contribution in [2.24, 2.45) is 0 Å². The molecule has 0 aliphatic carbocycles. The minimum Gasteiger partial charge on any atom is -0.478 e. The number of Topliss-reactive ketones (excluding diaryl/α,β-unsaturated/α-hetero) is 1. The van der Waals surface area contributed by atoms with Crippen LogP contribution in [0.3, 0.4) is 0 Å². The maximum Gasteiger partial charge on any atom is 0.339 e. The van der Waals surface area contributed by atoms with Crippen LogP contribution in [0.25, 0.3) is 0 Å². The number of nitrogens with zero attached hydrogens (tertiary/aromatic N) is 3. The van der Waals surface area contributed by atoms with E-state index in [4.69, 9.17) is 37.8 Å². The number of halogens is 2. The lowest BCUT2D eigenvalue weighted by Gasteiger charge is -2.22. The van der Waals surface area contributed by atoms with E-state index in [1.165, 1.54) is 62.3 Å². The van der Waals surface area contributed by atoms with Crippen molar-refractivity contribution in [3.05, 3.63) is 323 Å². The van der Waals surface area contributed by atoms with E-state index in [-0.39, 0.29) is 68.1 Å². The average Bonchev–Trinajstić information content (AvgIpc) is 1.68. The number of thioether (sulfide) groups is 1. The summed E-state index contributed by atoms with van der Waals surface area (Å²) in [5, 5.41) is 55.3. The third-order valence-corrected chi connectivity index (χ3v) is 24.3. The summed E-state index contributed by atoms with van der Waals surface area (Å²) in [6.45, 7) is 0. The van der Waals surface area contributed by atoms with E-state index in [0.717, 1.165) is 89.9 Å². The van der Waals surface area contributed by atoms with E-state index in [2.05, 4.69) is 100 Å². The fourth-order valence-corrected chi connectivity index (χ4v) is 19.0. The molecule has 2 amide bonds. The van der Waals surface area contributed by atoms with Gasteiger partial charge in [-0.25, -0.2) is 24.0 Å². The number of aromatic carboxylic acids is 1. The van der Waals surface area contributed by atoms with Crippen LogP contribution in [0.15, 0.2) is 255 Å². The number of non-ortho nitro benzene ring substituents is 3. The van der Waals surface area contributed by atoms with Gasteiger partial charge in [-0.2, -0.15) is 11.8 Å². The maximum absolute atomic E-state index is 13.0. The molecule has 105 heavy (non-hydrogen) atoms. The fraction of sp³-hybridized carbons (Fsp3) is 0.154. The van der Waals surface area contributed by atoms with E-state index in [9.17, 15) is 59.1 Å². The molecule has 12 rings (SSSR count). The second kappa shape index (κ2) is 40.5. The van der Waals surface area contributed by atoms with Gasteiger partial charge in [-0.05, 0) is 102 Å². The van der Waals surface area contributed by atoms with Crippen LogP contribution >= 0.6 is 59.4 Å². The highest BCUT2D eigenvalue weighted by atomic mass is 35.5. The van der Waals surface area contributed by atoms with Crippen LogP contribution in [0.4, 0.5) is 21.9 Å². The first-order valence-corrected chi connectivity index (χ1v) is 37.8. The number of ether oxygens (including phenoxy) is 3. The average molecular weight is 1530 g/mol. The van der Waals surface area contributed by atoms with Gasteiger partial charge in [0.2, 0.25) is 0 Å². The summed E-state index contributed by atoms with van der Waals surface area (Å²) in [5.41, 5.74) is 1.32. The number of nitrogens with one attached hydrogen (secondary N) is 2. The Labute approximate surface area is 623 Å². The molecule has 3 atom stereocenters. The second-order valence-electron chi connectivity index (χ2n) is 22.9. The molecule has 27 heteroatoms. The van der Waals surface area contributed by atoms with Gasteiger partial charge in [0.15, 0.2) is 0 Å². The van der Waals surface area contributed by atoms with Crippen LogP contribution in [-0.4, -0.2) is 100.0 Å². The molecule has 2 unspecified atom stereocenters. The fourth-order valence-electron chi connectivity index (χ4n) is 10.9. The summed E-state index contributed by atoms with van der Waals surface area (Å²) in [6.07, 6.45) is 3.66. The number of hydrogen-bond donors (Lipinski definition) is 3. The summed E-state index contributed by atoms with van der Waals surface area (Å²) >= 11 is 13.0. The molecule has 2 saturated heterocycles. The Morgan fingerprint density at radius 2 is 0.867 bits per heavy atom. The quantitative estimate of drug-likeness (QED) is 0.0108. The highest BCUT2D eigenvalue weighted by molar-refractivity contribution is 8.00. The van der Waals surface area contributed by atoms with E-state index in [1.807, 2.05) is 127 Å². The number of ketones is 1. The zero-order valence-corrected chi connectivity index (χ0v) is 61.8. The molecule has 21 nitrogen and oxygen atoms in total. The summed E-state index contributed by atoms with van der Waals surface area (Å²) in [6, 6.07) is 78.1. The van der Waals surface area contributed by atoms with Crippen LogP contribution in [0, 0.1) is 30.3 Å². The largest absolute Gasteiger partial charge is 0.478 e. The smallest absolute Gasteiger partial charge is 0.339 e. The van der Waals surface area contributed by atoms with Gasteiger partial charge in [0.05, 0.1) is 80.5 Å². The number of rotatable bonds is 22. The Hall–Kier alpha value is -10.6. The number of fused-ring (bicyclic) bond motifs is 1. The molecule has 0 bridgehead atoms. The van der Waals surface area contributed by atoms with Crippen LogP contribution < -0.4 is 53.1 Å². The molecule has 2 aliphatic heterocycles. The molecule has 10 aromatic rings. The zero-order valence-electron chi connectivity index (χ0n) is 56.7. The SMILES string of the molecule is COC(=O)c1ccc(CC(=O)CCCC[C@H]2SCC3NC(=O)NC32)cc1P(c1ccccc1)c1ccccc1.COC(=O)c1ccc([N+](=O)[O-])cc1Cl.COC(=O)c1ccc([N+](=O)[O-])cc1P(c1ccccc1)c1ccccc1.O=C(O)c1ccc([N+](=O)[O-])cc1Cl.c1ccc(Pc2ccccc2)cc1. The lowest BCUT2D eigenvalue weighted by Crippen LogP contribution is -2.36. The number of carbonyl (C=O) groups is 6. The first-order valence-electron chi connectivity index (χ1n) is 32.3.